The van der Waals surface area contributed by atoms with Crippen molar-refractivity contribution in [2.24, 2.45) is 0 Å². The third-order valence-electron chi connectivity index (χ3n) is 3.72. The standard InChI is InChI=1S/C17H10N2O5/c1-9-4-12-16(6-11(9)7-18)24-8-13(17(12)21)10-2-3-15(20)14(5-10)19(22)23/h2-6,8,20H,1H3. The molecule has 0 spiro atoms. The Kier molecular flexibility index (Phi) is 3.50. The second-order valence-corrected chi connectivity index (χ2v) is 5.21. The molecule has 0 aliphatic carbocycles. The van der Waals surface area contributed by atoms with Crippen molar-refractivity contribution >= 4 is 16.7 Å². The van der Waals surface area contributed by atoms with E-state index >= 15 is 0 Å². The first-order chi connectivity index (χ1) is 11.4. The molecule has 118 valence electrons. The first-order valence-electron chi connectivity index (χ1n) is 6.86. The lowest BCUT2D eigenvalue weighted by atomic mass is 10.0. The predicted octanol–water partition coefficient (Wildman–Crippen LogP) is 3.25. The van der Waals surface area contributed by atoms with Gasteiger partial charge >= 0.3 is 5.69 Å². The van der Waals surface area contributed by atoms with Gasteiger partial charge in [0.15, 0.2) is 5.75 Å². The van der Waals surface area contributed by atoms with E-state index in [2.05, 4.69) is 0 Å². The number of hydrogen-bond acceptors (Lipinski definition) is 6. The smallest absolute Gasteiger partial charge is 0.311 e. The molecule has 1 N–H and O–H groups in total. The van der Waals surface area contributed by atoms with E-state index in [1.165, 1.54) is 18.4 Å². The van der Waals surface area contributed by atoms with Crippen LogP contribution in [0, 0.1) is 28.4 Å². The van der Waals surface area contributed by atoms with Crippen molar-refractivity contribution < 1.29 is 14.4 Å². The molecule has 0 unspecified atom stereocenters. The summed E-state index contributed by atoms with van der Waals surface area (Å²) in [5.41, 5.74) is 0.822. The van der Waals surface area contributed by atoms with Gasteiger partial charge in [0.25, 0.3) is 0 Å². The zero-order valence-electron chi connectivity index (χ0n) is 12.4. The fourth-order valence-electron chi connectivity index (χ4n) is 2.44. The van der Waals surface area contributed by atoms with Crippen LogP contribution in [0.5, 0.6) is 5.75 Å². The van der Waals surface area contributed by atoms with Crippen LogP contribution in [-0.4, -0.2) is 10.0 Å². The number of aromatic hydroxyl groups is 1. The Balaban J connectivity index is 2.27. The van der Waals surface area contributed by atoms with Crippen LogP contribution in [0.25, 0.3) is 22.1 Å². The summed E-state index contributed by atoms with van der Waals surface area (Å²) in [5, 5.41) is 29.8. The van der Waals surface area contributed by atoms with Crippen LogP contribution < -0.4 is 5.43 Å². The number of nitro groups is 1. The molecule has 24 heavy (non-hydrogen) atoms. The van der Waals surface area contributed by atoms with Gasteiger partial charge in [0, 0.05) is 6.07 Å². The van der Waals surface area contributed by atoms with Crippen molar-refractivity contribution in [2.75, 3.05) is 0 Å². The molecule has 0 fully saturated rings. The second kappa shape index (κ2) is 5.52. The largest absolute Gasteiger partial charge is 0.502 e. The Bertz CT molecular complexity index is 1090. The summed E-state index contributed by atoms with van der Waals surface area (Å²) in [5.74, 6) is -0.483. The van der Waals surface area contributed by atoms with E-state index < -0.39 is 16.4 Å². The van der Waals surface area contributed by atoms with Crippen LogP contribution in [0.1, 0.15) is 11.1 Å². The van der Waals surface area contributed by atoms with E-state index in [0.29, 0.717) is 11.1 Å². The molecule has 3 rings (SSSR count). The van der Waals surface area contributed by atoms with Crippen molar-refractivity contribution in [1.29, 1.82) is 5.26 Å². The lowest BCUT2D eigenvalue weighted by Gasteiger charge is -2.05. The fourth-order valence-corrected chi connectivity index (χ4v) is 2.44. The molecule has 1 aromatic heterocycles. The summed E-state index contributed by atoms with van der Waals surface area (Å²) in [4.78, 5) is 22.9. The number of nitrogens with zero attached hydrogens (tertiary/aromatic N) is 2. The van der Waals surface area contributed by atoms with Crippen LogP contribution in [0.2, 0.25) is 0 Å². The van der Waals surface area contributed by atoms with E-state index in [-0.39, 0.29) is 27.5 Å². The Morgan fingerprint density at radius 3 is 2.71 bits per heavy atom. The lowest BCUT2D eigenvalue weighted by molar-refractivity contribution is -0.385. The number of hydrogen-bond donors (Lipinski definition) is 1. The summed E-state index contributed by atoms with van der Waals surface area (Å²) >= 11 is 0. The Hall–Kier alpha value is -3.66. The maximum absolute atomic E-state index is 12.7. The summed E-state index contributed by atoms with van der Waals surface area (Å²) in [6.45, 7) is 1.70. The van der Waals surface area contributed by atoms with Crippen molar-refractivity contribution in [1.82, 2.24) is 0 Å². The van der Waals surface area contributed by atoms with Gasteiger partial charge in [0.1, 0.15) is 11.8 Å². The molecule has 0 aliphatic heterocycles. The van der Waals surface area contributed by atoms with E-state index in [0.717, 1.165) is 12.1 Å². The first-order valence-corrected chi connectivity index (χ1v) is 6.86. The minimum atomic E-state index is -0.731. The highest BCUT2D eigenvalue weighted by atomic mass is 16.6. The van der Waals surface area contributed by atoms with Gasteiger partial charge in [0.05, 0.1) is 27.5 Å². The molecule has 0 radical (unpaired) electrons. The summed E-state index contributed by atoms with van der Waals surface area (Å²) in [6, 6.07) is 8.72. The zero-order chi connectivity index (χ0) is 17.4. The normalized spacial score (nSPS) is 10.5. The third kappa shape index (κ3) is 2.36. The summed E-state index contributed by atoms with van der Waals surface area (Å²) in [6.07, 6.45) is 1.19. The van der Waals surface area contributed by atoms with Gasteiger partial charge in [-0.25, -0.2) is 0 Å². The van der Waals surface area contributed by atoms with Crippen LogP contribution >= 0.6 is 0 Å². The van der Waals surface area contributed by atoms with E-state index in [9.17, 15) is 20.0 Å². The second-order valence-electron chi connectivity index (χ2n) is 5.21. The molecule has 3 aromatic rings. The van der Waals surface area contributed by atoms with Crippen LogP contribution in [0.4, 0.5) is 5.69 Å². The number of rotatable bonds is 2. The van der Waals surface area contributed by atoms with Crippen molar-refractivity contribution in [3.63, 3.8) is 0 Å². The highest BCUT2D eigenvalue weighted by molar-refractivity contribution is 5.84. The first kappa shape index (κ1) is 15.2. The number of benzene rings is 2. The number of nitriles is 1. The fraction of sp³-hybridized carbons (Fsp3) is 0.0588. The number of nitro benzene ring substituents is 1. The highest BCUT2D eigenvalue weighted by Gasteiger charge is 2.17. The van der Waals surface area contributed by atoms with Crippen LogP contribution in [0.15, 0.2) is 45.8 Å². The number of aryl methyl sites for hydroxylation is 1. The quantitative estimate of drug-likeness (QED) is 0.571. The lowest BCUT2D eigenvalue weighted by Crippen LogP contribution is -2.05. The SMILES string of the molecule is Cc1cc2c(=O)c(-c3ccc(O)c([N+](=O)[O-])c3)coc2cc1C#N. The molecular formula is C17H10N2O5. The minimum Gasteiger partial charge on any atom is -0.502 e. The molecular weight excluding hydrogens is 312 g/mol. The monoisotopic (exact) mass is 322 g/mol. The predicted molar refractivity (Wildman–Crippen MR) is 85.7 cm³/mol. The molecule has 0 bridgehead atoms. The Labute approximate surface area is 135 Å². The van der Waals surface area contributed by atoms with Gasteiger partial charge in [-0.05, 0) is 42.3 Å². The molecule has 0 saturated heterocycles. The van der Waals surface area contributed by atoms with Gasteiger partial charge in [0.2, 0.25) is 5.43 Å². The number of phenolic OH excluding ortho intramolecular Hbond substituents is 1. The van der Waals surface area contributed by atoms with Gasteiger partial charge in [-0.15, -0.1) is 0 Å². The van der Waals surface area contributed by atoms with Crippen LogP contribution in [-0.2, 0) is 0 Å². The summed E-state index contributed by atoms with van der Waals surface area (Å²) in [7, 11) is 0. The summed E-state index contributed by atoms with van der Waals surface area (Å²) < 4.78 is 5.42. The van der Waals surface area contributed by atoms with E-state index in [1.54, 1.807) is 13.0 Å². The minimum absolute atomic E-state index is 0.134. The number of phenols is 1. The van der Waals surface area contributed by atoms with Gasteiger partial charge in [-0.1, -0.05) is 0 Å². The topological polar surface area (TPSA) is 117 Å². The Morgan fingerprint density at radius 2 is 2.04 bits per heavy atom. The van der Waals surface area contributed by atoms with E-state index in [1.807, 2.05) is 6.07 Å². The zero-order valence-corrected chi connectivity index (χ0v) is 12.4. The van der Waals surface area contributed by atoms with Crippen molar-refractivity contribution in [3.8, 4) is 22.9 Å². The molecule has 1 heterocycles. The van der Waals surface area contributed by atoms with Crippen LogP contribution in [0.3, 0.4) is 0 Å². The maximum Gasteiger partial charge on any atom is 0.311 e. The molecule has 0 aliphatic rings. The molecule has 7 nitrogen and oxygen atoms in total. The van der Waals surface area contributed by atoms with Crippen molar-refractivity contribution in [3.05, 3.63) is 68.1 Å². The third-order valence-corrected chi connectivity index (χ3v) is 3.72. The molecule has 7 heteroatoms. The van der Waals surface area contributed by atoms with E-state index in [4.69, 9.17) is 9.68 Å². The number of fused-ring (bicyclic) bond motifs is 1. The van der Waals surface area contributed by atoms with Gasteiger partial charge < -0.3 is 9.52 Å². The van der Waals surface area contributed by atoms with Gasteiger partial charge in [-0.2, -0.15) is 5.26 Å². The maximum atomic E-state index is 12.7. The Morgan fingerprint density at radius 1 is 1.29 bits per heavy atom. The molecule has 0 saturated carbocycles. The highest BCUT2D eigenvalue weighted by Crippen LogP contribution is 2.31. The van der Waals surface area contributed by atoms with Crippen molar-refractivity contribution in [2.45, 2.75) is 6.92 Å². The average molecular weight is 322 g/mol. The van der Waals surface area contributed by atoms with Gasteiger partial charge in [-0.3, -0.25) is 14.9 Å². The molecule has 2 aromatic carbocycles. The molecule has 0 amide bonds. The molecule has 0 atom stereocenters. The average Bonchev–Trinajstić information content (AvgIpc) is 2.56.